The van der Waals surface area contributed by atoms with E-state index in [-0.39, 0.29) is 36.8 Å². The van der Waals surface area contributed by atoms with Crippen molar-refractivity contribution in [2.24, 2.45) is 0 Å². The topological polar surface area (TPSA) is 111 Å². The molecule has 1 aliphatic heterocycles. The molecule has 1 N–H and O–H groups in total. The van der Waals surface area contributed by atoms with Crippen molar-refractivity contribution in [3.63, 3.8) is 0 Å². The number of aromatic nitrogens is 2. The van der Waals surface area contributed by atoms with E-state index in [0.29, 0.717) is 23.0 Å². The third-order valence-electron chi connectivity index (χ3n) is 5.60. The Morgan fingerprint density at radius 1 is 1.23 bits per heavy atom. The monoisotopic (exact) mass is 519 g/mol. The van der Waals surface area contributed by atoms with E-state index in [2.05, 4.69) is 5.10 Å². The third kappa shape index (κ3) is 5.23. The molecule has 2 aromatic carbocycles. The largest absolute Gasteiger partial charge is 0.486 e. The van der Waals surface area contributed by atoms with Crippen LogP contribution in [0, 0.1) is 0 Å². The first-order valence-corrected chi connectivity index (χ1v) is 13.1. The van der Waals surface area contributed by atoms with Crippen LogP contribution in [0.1, 0.15) is 26.7 Å². The molecule has 0 amide bonds. The van der Waals surface area contributed by atoms with Gasteiger partial charge in [-0.2, -0.15) is 0 Å². The van der Waals surface area contributed by atoms with E-state index in [1.165, 1.54) is 15.2 Å². The average Bonchev–Trinajstić information content (AvgIpc) is 3.26. The number of carboxylic acid groups (broad SMARTS) is 1. The van der Waals surface area contributed by atoms with E-state index in [9.17, 15) is 13.2 Å². The number of rotatable bonds is 9. The molecule has 4 rings (SSSR count). The lowest BCUT2D eigenvalue weighted by Crippen LogP contribution is -2.43. The van der Waals surface area contributed by atoms with E-state index in [4.69, 9.17) is 26.2 Å². The van der Waals surface area contributed by atoms with E-state index < -0.39 is 22.1 Å². The van der Waals surface area contributed by atoms with E-state index in [1.54, 1.807) is 31.2 Å². The SMILES string of the molecule is CCOc1nn(CC)cc1S(=O)(=O)N1C[C@H](CCC(=O)O)Oc2ccc(-c3cccc(Cl)c3)cc21. The zero-order valence-electron chi connectivity index (χ0n) is 19.3. The van der Waals surface area contributed by atoms with Gasteiger partial charge in [0, 0.05) is 24.2 Å². The number of hydrogen-bond donors (Lipinski definition) is 1. The van der Waals surface area contributed by atoms with Gasteiger partial charge >= 0.3 is 5.97 Å². The molecule has 1 atom stereocenters. The van der Waals surface area contributed by atoms with Gasteiger partial charge in [0.1, 0.15) is 11.9 Å². The van der Waals surface area contributed by atoms with Crippen LogP contribution in [-0.2, 0) is 21.4 Å². The van der Waals surface area contributed by atoms with E-state index in [1.807, 2.05) is 25.1 Å². The fourth-order valence-electron chi connectivity index (χ4n) is 3.90. The number of ether oxygens (including phenoxy) is 2. The minimum atomic E-state index is -4.12. The molecule has 2 heterocycles. The van der Waals surface area contributed by atoms with Gasteiger partial charge in [0.05, 0.1) is 18.8 Å². The quantitative estimate of drug-likeness (QED) is 0.444. The summed E-state index contributed by atoms with van der Waals surface area (Å²) in [6, 6.07) is 12.5. The van der Waals surface area contributed by atoms with Gasteiger partial charge in [-0.25, -0.2) is 8.42 Å². The van der Waals surface area contributed by atoms with Crippen LogP contribution in [0.4, 0.5) is 5.69 Å². The van der Waals surface area contributed by atoms with Crippen LogP contribution in [-0.4, -0.2) is 48.5 Å². The molecule has 1 aliphatic rings. The summed E-state index contributed by atoms with van der Waals surface area (Å²) in [5.74, 6) is -0.606. The Kier molecular flexibility index (Phi) is 7.23. The van der Waals surface area contributed by atoms with Crippen LogP contribution in [0.2, 0.25) is 5.02 Å². The molecule has 0 fully saturated rings. The lowest BCUT2D eigenvalue weighted by Gasteiger charge is -2.35. The summed E-state index contributed by atoms with van der Waals surface area (Å²) in [6.07, 6.45) is 0.820. The predicted octanol–water partition coefficient (Wildman–Crippen LogP) is 4.44. The Labute approximate surface area is 208 Å². The number of anilines is 1. The molecule has 0 bridgehead atoms. The Morgan fingerprint density at radius 2 is 2.00 bits per heavy atom. The van der Waals surface area contributed by atoms with Gasteiger partial charge < -0.3 is 14.6 Å². The highest BCUT2D eigenvalue weighted by Gasteiger charge is 2.38. The van der Waals surface area contributed by atoms with Crippen molar-refractivity contribution in [3.8, 4) is 22.8 Å². The van der Waals surface area contributed by atoms with Crippen molar-refractivity contribution in [3.05, 3.63) is 53.7 Å². The number of carboxylic acids is 1. The summed E-state index contributed by atoms with van der Waals surface area (Å²) in [5.41, 5.74) is 1.92. The molecule has 0 saturated heterocycles. The maximum Gasteiger partial charge on any atom is 0.303 e. The molecule has 1 aromatic heterocycles. The predicted molar refractivity (Wildman–Crippen MR) is 132 cm³/mol. The van der Waals surface area contributed by atoms with E-state index in [0.717, 1.165) is 11.1 Å². The van der Waals surface area contributed by atoms with Gasteiger partial charge in [0.2, 0.25) is 0 Å². The summed E-state index contributed by atoms with van der Waals surface area (Å²) in [4.78, 5) is 11.1. The smallest absolute Gasteiger partial charge is 0.303 e. The molecule has 0 saturated carbocycles. The highest BCUT2D eigenvalue weighted by molar-refractivity contribution is 7.93. The number of carbonyl (C=O) groups is 1. The lowest BCUT2D eigenvalue weighted by atomic mass is 10.0. The van der Waals surface area contributed by atoms with Crippen LogP contribution >= 0.6 is 11.6 Å². The maximum atomic E-state index is 14.0. The molecule has 9 nitrogen and oxygen atoms in total. The molecule has 0 spiro atoms. The summed E-state index contributed by atoms with van der Waals surface area (Å²) in [7, 11) is -4.12. The van der Waals surface area contributed by atoms with Crippen molar-refractivity contribution >= 4 is 33.3 Å². The van der Waals surface area contributed by atoms with Crippen LogP contribution < -0.4 is 13.8 Å². The summed E-state index contributed by atoms with van der Waals surface area (Å²) in [6.45, 7) is 4.27. The molecule has 35 heavy (non-hydrogen) atoms. The maximum absolute atomic E-state index is 14.0. The molecular weight excluding hydrogens is 494 g/mol. The molecule has 3 aromatic rings. The number of benzene rings is 2. The van der Waals surface area contributed by atoms with Crippen molar-refractivity contribution in [2.75, 3.05) is 17.5 Å². The van der Waals surface area contributed by atoms with Crippen LogP contribution in [0.5, 0.6) is 11.6 Å². The highest BCUT2D eigenvalue weighted by atomic mass is 35.5. The average molecular weight is 520 g/mol. The fraction of sp³-hybridized carbons (Fsp3) is 0.333. The molecule has 0 radical (unpaired) electrons. The molecular formula is C24H26ClN3O6S. The molecule has 11 heteroatoms. The third-order valence-corrected chi connectivity index (χ3v) is 7.60. The van der Waals surface area contributed by atoms with Crippen molar-refractivity contribution < 1.29 is 27.8 Å². The van der Waals surface area contributed by atoms with Crippen LogP contribution in [0.25, 0.3) is 11.1 Å². The molecule has 0 unspecified atom stereocenters. The second-order valence-corrected chi connectivity index (χ2v) is 10.3. The van der Waals surface area contributed by atoms with Crippen molar-refractivity contribution in [1.29, 1.82) is 0 Å². The van der Waals surface area contributed by atoms with Crippen LogP contribution in [0.15, 0.2) is 53.6 Å². The normalized spacial score (nSPS) is 15.4. The standard InChI is InChI=1S/C24H26ClN3O6S/c1-3-27-15-22(24(26-27)33-4-2)35(31,32)28-14-19(9-11-23(29)30)34-21-10-8-17(13-20(21)28)16-6-5-7-18(25)12-16/h5-8,10,12-13,15,19H,3-4,9,11,14H2,1-2H3,(H,29,30)/t19-/m0/s1. The van der Waals surface area contributed by atoms with Crippen molar-refractivity contribution in [2.45, 2.75) is 44.2 Å². The molecule has 186 valence electrons. The van der Waals surface area contributed by atoms with Crippen molar-refractivity contribution in [1.82, 2.24) is 9.78 Å². The Bertz CT molecular complexity index is 1340. The number of aliphatic carboxylic acids is 1. The summed E-state index contributed by atoms with van der Waals surface area (Å²) < 4.78 is 42.2. The minimum absolute atomic E-state index is 0.0236. The number of fused-ring (bicyclic) bond motifs is 1. The minimum Gasteiger partial charge on any atom is -0.486 e. The number of nitrogens with zero attached hydrogens (tertiary/aromatic N) is 3. The zero-order valence-corrected chi connectivity index (χ0v) is 20.9. The van der Waals surface area contributed by atoms with Gasteiger partial charge in [-0.05, 0) is 55.7 Å². The Hall–Kier alpha value is -3.24. The van der Waals surface area contributed by atoms with Crippen LogP contribution in [0.3, 0.4) is 0 Å². The number of hydrogen-bond acceptors (Lipinski definition) is 6. The fourth-order valence-corrected chi connectivity index (χ4v) is 5.67. The van der Waals surface area contributed by atoms with Gasteiger partial charge in [-0.15, -0.1) is 5.10 Å². The lowest BCUT2D eigenvalue weighted by molar-refractivity contribution is -0.137. The number of aryl methyl sites for hydroxylation is 1. The first kappa shape index (κ1) is 24.9. The second-order valence-electron chi connectivity index (χ2n) is 7.99. The van der Waals surface area contributed by atoms with Gasteiger partial charge in [0.25, 0.3) is 15.9 Å². The van der Waals surface area contributed by atoms with Gasteiger partial charge in [0.15, 0.2) is 4.90 Å². The number of halogens is 1. The summed E-state index contributed by atoms with van der Waals surface area (Å²) in [5, 5.41) is 13.9. The Balaban J connectivity index is 1.82. The number of sulfonamides is 1. The highest BCUT2D eigenvalue weighted by Crippen LogP contribution is 2.41. The molecule has 0 aliphatic carbocycles. The van der Waals surface area contributed by atoms with Gasteiger partial charge in [-0.1, -0.05) is 29.8 Å². The second kappa shape index (κ2) is 10.2. The summed E-state index contributed by atoms with van der Waals surface area (Å²) >= 11 is 6.16. The zero-order chi connectivity index (χ0) is 25.2. The first-order chi connectivity index (χ1) is 16.7. The first-order valence-electron chi connectivity index (χ1n) is 11.2. The Morgan fingerprint density at radius 3 is 2.69 bits per heavy atom. The van der Waals surface area contributed by atoms with Gasteiger partial charge in [-0.3, -0.25) is 13.8 Å². The van der Waals surface area contributed by atoms with E-state index >= 15 is 0 Å².